The summed E-state index contributed by atoms with van der Waals surface area (Å²) in [6.45, 7) is 6.10. The number of hydrogen-bond donors (Lipinski definition) is 1. The molecule has 0 aliphatic carbocycles. The lowest BCUT2D eigenvalue weighted by Gasteiger charge is -2.07. The van der Waals surface area contributed by atoms with Crippen LogP contribution in [0.25, 0.3) is 22.5 Å². The van der Waals surface area contributed by atoms with E-state index in [0.29, 0.717) is 0 Å². The number of rotatable bonds is 20. The monoisotopic (exact) mass is 504 g/mol. The molecule has 0 unspecified atom stereocenters. The number of aromatic amines is 1. The third-order valence-corrected chi connectivity index (χ3v) is 6.93. The summed E-state index contributed by atoms with van der Waals surface area (Å²) in [5.74, 6) is 1.86. The number of ether oxygens (including phenoxy) is 2. The summed E-state index contributed by atoms with van der Waals surface area (Å²) in [5, 5.41) is 7.71. The van der Waals surface area contributed by atoms with Crippen molar-refractivity contribution in [3.05, 3.63) is 54.6 Å². The average molecular weight is 505 g/mol. The van der Waals surface area contributed by atoms with Crippen molar-refractivity contribution in [3.8, 4) is 34.0 Å². The molecule has 1 aromatic heterocycles. The zero-order valence-electron chi connectivity index (χ0n) is 23.3. The van der Waals surface area contributed by atoms with Gasteiger partial charge in [0.1, 0.15) is 11.5 Å². The Kier molecular flexibility index (Phi) is 13.8. The molecule has 0 radical (unpaired) electrons. The smallest absolute Gasteiger partial charge is 0.119 e. The van der Waals surface area contributed by atoms with Gasteiger partial charge in [-0.1, -0.05) is 90.9 Å². The summed E-state index contributed by atoms with van der Waals surface area (Å²) >= 11 is 0. The van der Waals surface area contributed by atoms with E-state index in [1.807, 2.05) is 12.1 Å². The van der Waals surface area contributed by atoms with Crippen molar-refractivity contribution in [2.24, 2.45) is 0 Å². The van der Waals surface area contributed by atoms with Crippen LogP contribution in [0.5, 0.6) is 11.5 Å². The van der Waals surface area contributed by atoms with Crippen molar-refractivity contribution >= 4 is 0 Å². The van der Waals surface area contributed by atoms with Crippen molar-refractivity contribution < 1.29 is 9.47 Å². The molecule has 0 fully saturated rings. The van der Waals surface area contributed by atoms with Gasteiger partial charge in [-0.2, -0.15) is 5.10 Å². The Balaban J connectivity index is 1.37. The maximum atomic E-state index is 5.93. The topological polar surface area (TPSA) is 47.1 Å². The molecule has 0 aliphatic heterocycles. The highest BCUT2D eigenvalue weighted by atomic mass is 16.5. The molecule has 4 nitrogen and oxygen atoms in total. The first-order valence-electron chi connectivity index (χ1n) is 14.8. The number of nitrogens with zero attached hydrogens (tertiary/aromatic N) is 1. The van der Waals surface area contributed by atoms with Gasteiger partial charge >= 0.3 is 0 Å². The van der Waals surface area contributed by atoms with Gasteiger partial charge < -0.3 is 9.47 Å². The second-order valence-corrected chi connectivity index (χ2v) is 10.2. The molecule has 1 heterocycles. The quantitative estimate of drug-likeness (QED) is 0.156. The number of nitrogens with one attached hydrogen (secondary N) is 1. The maximum absolute atomic E-state index is 5.93. The normalized spacial score (nSPS) is 11.1. The van der Waals surface area contributed by atoms with Crippen LogP contribution in [-0.2, 0) is 0 Å². The van der Waals surface area contributed by atoms with Crippen molar-refractivity contribution in [3.63, 3.8) is 0 Å². The Morgan fingerprint density at radius 3 is 1.46 bits per heavy atom. The van der Waals surface area contributed by atoms with Gasteiger partial charge in [-0.25, -0.2) is 0 Å². The Hall–Kier alpha value is -2.75. The first-order chi connectivity index (χ1) is 18.3. The first kappa shape index (κ1) is 28.8. The largest absolute Gasteiger partial charge is 0.494 e. The van der Waals surface area contributed by atoms with E-state index in [4.69, 9.17) is 9.47 Å². The summed E-state index contributed by atoms with van der Waals surface area (Å²) in [5.41, 5.74) is 4.14. The molecule has 0 atom stereocenters. The molecule has 0 saturated heterocycles. The van der Waals surface area contributed by atoms with Crippen molar-refractivity contribution in [2.75, 3.05) is 13.2 Å². The molecule has 1 N–H and O–H groups in total. The summed E-state index contributed by atoms with van der Waals surface area (Å²) < 4.78 is 11.9. The van der Waals surface area contributed by atoms with Crippen LogP contribution >= 0.6 is 0 Å². The van der Waals surface area contributed by atoms with Crippen LogP contribution in [0, 0.1) is 0 Å². The highest BCUT2D eigenvalue weighted by molar-refractivity contribution is 5.68. The van der Waals surface area contributed by atoms with Crippen LogP contribution in [-0.4, -0.2) is 23.4 Å². The van der Waals surface area contributed by atoms with Crippen molar-refractivity contribution in [1.82, 2.24) is 10.2 Å². The lowest BCUT2D eigenvalue weighted by Crippen LogP contribution is -1.97. The number of aromatic nitrogens is 2. The second kappa shape index (κ2) is 17.7. The van der Waals surface area contributed by atoms with Gasteiger partial charge in [-0.05, 0) is 73.0 Å². The van der Waals surface area contributed by atoms with Gasteiger partial charge in [-0.3, -0.25) is 5.10 Å². The Bertz CT molecular complexity index is 885. The van der Waals surface area contributed by atoms with E-state index >= 15 is 0 Å². The van der Waals surface area contributed by atoms with Crippen LogP contribution in [0.15, 0.2) is 54.6 Å². The third-order valence-electron chi connectivity index (χ3n) is 6.93. The molecule has 0 bridgehead atoms. The van der Waals surface area contributed by atoms with Crippen LogP contribution in [0.3, 0.4) is 0 Å². The molecule has 0 spiro atoms. The van der Waals surface area contributed by atoms with E-state index in [-0.39, 0.29) is 0 Å². The fourth-order valence-corrected chi connectivity index (χ4v) is 4.57. The van der Waals surface area contributed by atoms with E-state index in [2.05, 4.69) is 66.5 Å². The SMILES string of the molecule is CCCCCCCCCOc1ccc(-c2cc(-c3ccc(OCCCCCCCCC)cc3)[nH]n2)cc1. The van der Waals surface area contributed by atoms with Gasteiger partial charge in [0.25, 0.3) is 0 Å². The van der Waals surface area contributed by atoms with Gasteiger partial charge in [0.15, 0.2) is 0 Å². The van der Waals surface area contributed by atoms with E-state index in [0.717, 1.165) is 60.1 Å². The van der Waals surface area contributed by atoms with Crippen LogP contribution < -0.4 is 9.47 Å². The van der Waals surface area contributed by atoms with Crippen molar-refractivity contribution in [1.29, 1.82) is 0 Å². The van der Waals surface area contributed by atoms with Gasteiger partial charge in [0, 0.05) is 5.56 Å². The molecule has 202 valence electrons. The Morgan fingerprint density at radius 2 is 0.973 bits per heavy atom. The predicted molar refractivity (Wildman–Crippen MR) is 156 cm³/mol. The highest BCUT2D eigenvalue weighted by Gasteiger charge is 2.07. The van der Waals surface area contributed by atoms with Gasteiger partial charge in [0.05, 0.1) is 24.6 Å². The zero-order valence-corrected chi connectivity index (χ0v) is 23.3. The Labute approximate surface area is 225 Å². The van der Waals surface area contributed by atoms with E-state index in [9.17, 15) is 0 Å². The molecule has 0 amide bonds. The molecule has 37 heavy (non-hydrogen) atoms. The molecule has 3 rings (SSSR count). The lowest BCUT2D eigenvalue weighted by molar-refractivity contribution is 0.304. The molecule has 0 aliphatic rings. The van der Waals surface area contributed by atoms with Crippen LogP contribution in [0.1, 0.15) is 104 Å². The number of benzene rings is 2. The van der Waals surface area contributed by atoms with E-state index in [1.54, 1.807) is 0 Å². The van der Waals surface area contributed by atoms with E-state index < -0.39 is 0 Å². The number of hydrogen-bond acceptors (Lipinski definition) is 3. The minimum Gasteiger partial charge on any atom is -0.494 e. The minimum atomic E-state index is 0.790. The zero-order chi connectivity index (χ0) is 26.0. The summed E-state index contributed by atoms with van der Waals surface area (Å²) in [6, 6.07) is 18.6. The summed E-state index contributed by atoms with van der Waals surface area (Å²) in [6.07, 6.45) is 18.2. The van der Waals surface area contributed by atoms with Gasteiger partial charge in [-0.15, -0.1) is 0 Å². The molecular formula is C33H48N2O2. The van der Waals surface area contributed by atoms with E-state index in [1.165, 1.54) is 77.0 Å². The van der Waals surface area contributed by atoms with Crippen LogP contribution in [0.4, 0.5) is 0 Å². The lowest BCUT2D eigenvalue weighted by atomic mass is 10.1. The molecule has 0 saturated carbocycles. The molecule has 4 heteroatoms. The van der Waals surface area contributed by atoms with Crippen LogP contribution in [0.2, 0.25) is 0 Å². The average Bonchev–Trinajstić information content (AvgIpc) is 3.43. The predicted octanol–water partition coefficient (Wildman–Crippen LogP) is 10.0. The molecular weight excluding hydrogens is 456 g/mol. The van der Waals surface area contributed by atoms with Crippen molar-refractivity contribution in [2.45, 2.75) is 104 Å². The number of H-pyrrole nitrogens is 1. The second-order valence-electron chi connectivity index (χ2n) is 10.2. The molecule has 2 aromatic carbocycles. The standard InChI is InChI=1S/C33H48N2O2/c1-3-5-7-9-11-13-15-25-36-30-21-17-28(18-22-30)32-27-33(35-34-32)29-19-23-31(24-20-29)37-26-16-14-12-10-8-6-4-2/h17-24,27H,3-16,25-26H2,1-2H3,(H,34,35). The third kappa shape index (κ3) is 11.0. The number of unbranched alkanes of at least 4 members (excludes halogenated alkanes) is 12. The highest BCUT2D eigenvalue weighted by Crippen LogP contribution is 2.27. The fraction of sp³-hybridized carbons (Fsp3) is 0.545. The fourth-order valence-electron chi connectivity index (χ4n) is 4.57. The summed E-state index contributed by atoms with van der Waals surface area (Å²) in [7, 11) is 0. The summed E-state index contributed by atoms with van der Waals surface area (Å²) in [4.78, 5) is 0. The maximum Gasteiger partial charge on any atom is 0.119 e. The Morgan fingerprint density at radius 1 is 0.541 bits per heavy atom. The molecule has 3 aromatic rings. The van der Waals surface area contributed by atoms with Gasteiger partial charge in [0.2, 0.25) is 0 Å². The first-order valence-corrected chi connectivity index (χ1v) is 14.8. The minimum absolute atomic E-state index is 0.790.